The van der Waals surface area contributed by atoms with Crippen molar-refractivity contribution in [3.05, 3.63) is 57.9 Å². The maximum absolute atomic E-state index is 13.7. The average molecular weight is 561 g/mol. The highest BCUT2D eigenvalue weighted by atomic mass is 79.9. The number of amides is 1. The maximum Gasteiger partial charge on any atom is 0.229 e. The number of nitrogens with one attached hydrogen (secondary N) is 1. The number of pyridine rings is 1. The second kappa shape index (κ2) is 8.43. The van der Waals surface area contributed by atoms with Gasteiger partial charge < -0.3 is 10.1 Å². The van der Waals surface area contributed by atoms with Crippen molar-refractivity contribution < 1.29 is 13.9 Å². The highest BCUT2D eigenvalue weighted by Crippen LogP contribution is 2.61. The Kier molecular flexibility index (Phi) is 5.50. The molecule has 1 amide bonds. The minimum absolute atomic E-state index is 0.00579. The lowest BCUT2D eigenvalue weighted by atomic mass is 9.97. The van der Waals surface area contributed by atoms with Crippen LogP contribution in [0.4, 0.5) is 9.52 Å². The fourth-order valence-corrected chi connectivity index (χ4v) is 7.49. The van der Waals surface area contributed by atoms with Gasteiger partial charge in [0.25, 0.3) is 0 Å². The van der Waals surface area contributed by atoms with Gasteiger partial charge in [0.15, 0.2) is 5.13 Å². The summed E-state index contributed by atoms with van der Waals surface area (Å²) in [7, 11) is 0. The molecular formula is C25H20BrClFN3O2S. The minimum atomic E-state index is -0.303. The summed E-state index contributed by atoms with van der Waals surface area (Å²) in [6.45, 7) is 1.99. The summed E-state index contributed by atoms with van der Waals surface area (Å²) < 4.78 is 21.7. The van der Waals surface area contributed by atoms with Crippen LogP contribution in [0.2, 0.25) is 5.02 Å². The zero-order chi connectivity index (χ0) is 23.6. The Labute approximate surface area is 212 Å². The van der Waals surface area contributed by atoms with Gasteiger partial charge in [-0.05, 0) is 82.9 Å². The Morgan fingerprint density at radius 1 is 1.26 bits per heavy atom. The van der Waals surface area contributed by atoms with E-state index in [0.29, 0.717) is 39.0 Å². The molecule has 9 heteroatoms. The van der Waals surface area contributed by atoms with E-state index < -0.39 is 0 Å². The van der Waals surface area contributed by atoms with Crippen LogP contribution in [-0.4, -0.2) is 22.0 Å². The molecule has 2 heterocycles. The fourth-order valence-electron chi connectivity index (χ4n) is 5.46. The van der Waals surface area contributed by atoms with Crippen LogP contribution < -0.4 is 10.1 Å². The summed E-state index contributed by atoms with van der Waals surface area (Å²) in [5.74, 6) is 1.54. The molecule has 3 atom stereocenters. The van der Waals surface area contributed by atoms with Crippen molar-refractivity contribution in [2.45, 2.75) is 25.9 Å². The standard InChI is InChI=1S/C25H20BrClFN3O2S/c1-11(24(32)31-25-30-23-18(26)6-12(27)7-21(23)34-25)22-15-9-14(10-16(15)22)33-20-4-5-29-19-3-2-13(28)8-17(19)20/h2-8,11,14-16,22H,9-10H2,1H3,(H,30,31,32). The highest BCUT2D eigenvalue weighted by molar-refractivity contribution is 9.10. The topological polar surface area (TPSA) is 64.1 Å². The molecule has 174 valence electrons. The first-order valence-electron chi connectivity index (χ1n) is 11.1. The Morgan fingerprint density at radius 2 is 2.06 bits per heavy atom. The number of ether oxygens (including phenoxy) is 1. The van der Waals surface area contributed by atoms with Crippen LogP contribution in [-0.2, 0) is 4.79 Å². The molecule has 0 saturated heterocycles. The van der Waals surface area contributed by atoms with Gasteiger partial charge in [-0.2, -0.15) is 0 Å². The number of thiazole rings is 1. The van der Waals surface area contributed by atoms with Crippen LogP contribution in [0.15, 0.2) is 47.1 Å². The van der Waals surface area contributed by atoms with Gasteiger partial charge in [0.05, 0.1) is 21.8 Å². The number of rotatable bonds is 5. The van der Waals surface area contributed by atoms with Crippen molar-refractivity contribution >= 4 is 71.0 Å². The third-order valence-electron chi connectivity index (χ3n) is 7.06. The third-order valence-corrected chi connectivity index (χ3v) is 8.80. The molecule has 0 bridgehead atoms. The second-order valence-electron chi connectivity index (χ2n) is 9.12. The van der Waals surface area contributed by atoms with Gasteiger partial charge in [0.2, 0.25) is 5.91 Å². The van der Waals surface area contributed by atoms with Crippen LogP contribution >= 0.6 is 38.9 Å². The zero-order valence-corrected chi connectivity index (χ0v) is 21.3. The summed E-state index contributed by atoms with van der Waals surface area (Å²) in [5, 5.41) is 4.90. The lowest BCUT2D eigenvalue weighted by Gasteiger charge is -2.20. The van der Waals surface area contributed by atoms with Gasteiger partial charge in [-0.25, -0.2) is 9.37 Å². The van der Waals surface area contributed by atoms with E-state index in [1.165, 1.54) is 23.5 Å². The molecule has 2 aromatic heterocycles. The van der Waals surface area contributed by atoms with Crippen LogP contribution in [0.25, 0.3) is 21.1 Å². The Balaban J connectivity index is 1.09. The number of nitrogens with zero attached hydrogens (tertiary/aromatic N) is 2. The van der Waals surface area contributed by atoms with E-state index in [9.17, 15) is 9.18 Å². The number of fused-ring (bicyclic) bond motifs is 3. The van der Waals surface area contributed by atoms with Crippen molar-refractivity contribution in [1.29, 1.82) is 0 Å². The molecule has 2 aliphatic carbocycles. The normalized spacial score (nSPS) is 24.2. The number of hydrogen-bond donors (Lipinski definition) is 1. The van der Waals surface area contributed by atoms with E-state index in [-0.39, 0.29) is 23.7 Å². The van der Waals surface area contributed by atoms with Gasteiger partial charge in [0.1, 0.15) is 11.6 Å². The molecule has 6 rings (SSSR count). The predicted molar refractivity (Wildman–Crippen MR) is 136 cm³/mol. The van der Waals surface area contributed by atoms with Crippen molar-refractivity contribution in [2.75, 3.05) is 5.32 Å². The molecule has 2 aliphatic rings. The van der Waals surface area contributed by atoms with E-state index in [4.69, 9.17) is 16.3 Å². The lowest BCUT2D eigenvalue weighted by molar-refractivity contribution is -0.120. The second-order valence-corrected chi connectivity index (χ2v) is 11.4. The van der Waals surface area contributed by atoms with Crippen LogP contribution in [0.3, 0.4) is 0 Å². The molecule has 0 aliphatic heterocycles. The van der Waals surface area contributed by atoms with Gasteiger partial charge in [-0.15, -0.1) is 0 Å². The Bertz CT molecular complexity index is 1430. The number of hydrogen-bond acceptors (Lipinski definition) is 5. The zero-order valence-electron chi connectivity index (χ0n) is 18.1. The van der Waals surface area contributed by atoms with Crippen molar-refractivity contribution in [3.63, 3.8) is 0 Å². The molecule has 2 saturated carbocycles. The predicted octanol–water partition coefficient (Wildman–Crippen LogP) is 7.08. The monoisotopic (exact) mass is 559 g/mol. The number of halogens is 3. The first-order chi connectivity index (χ1) is 16.4. The van der Waals surface area contributed by atoms with Gasteiger partial charge in [-0.1, -0.05) is 29.9 Å². The first kappa shape index (κ1) is 22.2. The number of aromatic nitrogens is 2. The number of carbonyl (C=O) groups excluding carboxylic acids is 1. The van der Waals surface area contributed by atoms with Gasteiger partial charge in [0, 0.05) is 27.0 Å². The number of carbonyl (C=O) groups is 1. The summed E-state index contributed by atoms with van der Waals surface area (Å²) in [6, 6.07) is 9.99. The highest BCUT2D eigenvalue weighted by Gasteiger charge is 2.59. The summed E-state index contributed by atoms with van der Waals surface area (Å²) >= 11 is 11.0. The van der Waals surface area contributed by atoms with Crippen molar-refractivity contribution in [2.24, 2.45) is 23.7 Å². The fraction of sp³-hybridized carbons (Fsp3) is 0.320. The SMILES string of the molecule is CC(C(=O)Nc1nc2c(Br)cc(Cl)cc2s1)C1C2CC(Oc3ccnc4ccc(F)cc34)CC21. The van der Waals surface area contributed by atoms with E-state index in [1.807, 2.05) is 13.0 Å². The summed E-state index contributed by atoms with van der Waals surface area (Å²) in [4.78, 5) is 21.8. The van der Waals surface area contributed by atoms with Gasteiger partial charge in [-0.3, -0.25) is 9.78 Å². The van der Waals surface area contributed by atoms with Crippen LogP contribution in [0.1, 0.15) is 19.8 Å². The largest absolute Gasteiger partial charge is 0.490 e. The molecule has 4 aromatic rings. The third kappa shape index (κ3) is 3.95. The van der Waals surface area contributed by atoms with Crippen LogP contribution in [0, 0.1) is 29.5 Å². The van der Waals surface area contributed by atoms with E-state index in [1.54, 1.807) is 24.4 Å². The molecule has 1 N–H and O–H groups in total. The van der Waals surface area contributed by atoms with Crippen molar-refractivity contribution in [3.8, 4) is 5.75 Å². The molecule has 0 radical (unpaired) electrons. The lowest BCUT2D eigenvalue weighted by Crippen LogP contribution is -2.25. The van der Waals surface area contributed by atoms with E-state index >= 15 is 0 Å². The molecule has 34 heavy (non-hydrogen) atoms. The molecular weight excluding hydrogens is 541 g/mol. The maximum atomic E-state index is 13.7. The Morgan fingerprint density at radius 3 is 2.85 bits per heavy atom. The number of anilines is 1. The summed E-state index contributed by atoms with van der Waals surface area (Å²) in [6.07, 6.45) is 3.56. The van der Waals surface area contributed by atoms with E-state index in [2.05, 4.69) is 31.2 Å². The average Bonchev–Trinajstić information content (AvgIpc) is 3.10. The smallest absolute Gasteiger partial charge is 0.229 e. The molecule has 2 aromatic carbocycles. The molecule has 0 spiro atoms. The van der Waals surface area contributed by atoms with Crippen molar-refractivity contribution in [1.82, 2.24) is 9.97 Å². The number of benzene rings is 2. The van der Waals surface area contributed by atoms with E-state index in [0.717, 1.165) is 33.0 Å². The quantitative estimate of drug-likeness (QED) is 0.283. The molecule has 3 unspecified atom stereocenters. The minimum Gasteiger partial charge on any atom is -0.490 e. The molecule has 2 fully saturated rings. The molecule has 5 nitrogen and oxygen atoms in total. The first-order valence-corrected chi connectivity index (χ1v) is 13.1. The van der Waals surface area contributed by atoms with Crippen LogP contribution in [0.5, 0.6) is 5.75 Å². The van der Waals surface area contributed by atoms with Gasteiger partial charge >= 0.3 is 0 Å². The summed E-state index contributed by atoms with van der Waals surface area (Å²) in [5.41, 5.74) is 1.51. The Hall–Kier alpha value is -2.29.